The Balaban J connectivity index is 1.74. The molecule has 0 saturated carbocycles. The van der Waals surface area contributed by atoms with Gasteiger partial charge in [0, 0.05) is 17.8 Å². The molecule has 224 valence electrons. The smallest absolute Gasteiger partial charge is 0.327 e. The van der Waals surface area contributed by atoms with Crippen LogP contribution in [0.1, 0.15) is 26.3 Å². The van der Waals surface area contributed by atoms with Gasteiger partial charge < -0.3 is 19.7 Å². The average Bonchev–Trinajstić information content (AvgIpc) is 2.90. The first-order chi connectivity index (χ1) is 19.7. The molecule has 0 heterocycles. The van der Waals surface area contributed by atoms with Gasteiger partial charge >= 0.3 is 5.97 Å². The number of hydrogen-bond acceptors (Lipinski definition) is 7. The molecule has 0 unspecified atom stereocenters. The number of benzene rings is 3. The molecule has 2 amide bonds. The summed E-state index contributed by atoms with van der Waals surface area (Å²) < 4.78 is 39.3. The summed E-state index contributed by atoms with van der Waals surface area (Å²) in [6.45, 7) is 5.75. The summed E-state index contributed by atoms with van der Waals surface area (Å²) in [5, 5.41) is 2.89. The molecule has 0 radical (unpaired) electrons. The maximum Gasteiger partial charge on any atom is 0.327 e. The minimum absolute atomic E-state index is 0.163. The summed E-state index contributed by atoms with van der Waals surface area (Å²) in [4.78, 5) is 38.9. The molecule has 10 nitrogen and oxygen atoms in total. The third kappa shape index (κ3) is 9.22. The van der Waals surface area contributed by atoms with Crippen LogP contribution in [0.2, 0.25) is 5.02 Å². The minimum Gasteiger partial charge on any atom is -0.484 e. The standard InChI is InChI=1S/C30H34ClN3O7S/c1-21-10-6-7-15-26(21)40-20-28(36)33(5)18-27(35)32-23-12-9-14-25(17-23)42(38,39)34(19-29(37)41-30(2,3)4)24-13-8-11-22(31)16-24/h6-17H,18-20H2,1-5H3,(H,32,35). The SMILES string of the molecule is Cc1ccccc1OCC(=O)N(C)CC(=O)Nc1cccc(S(=O)(=O)N(CC(=O)OC(C)(C)C)c2cccc(Cl)c2)c1. The van der Waals surface area contributed by atoms with Crippen LogP contribution in [0.5, 0.6) is 5.75 Å². The highest BCUT2D eigenvalue weighted by molar-refractivity contribution is 7.92. The number of aryl methyl sites for hydroxylation is 1. The molecule has 3 aromatic carbocycles. The van der Waals surface area contributed by atoms with E-state index in [4.69, 9.17) is 21.1 Å². The number of carbonyl (C=O) groups is 3. The van der Waals surface area contributed by atoms with Crippen molar-refractivity contribution in [3.8, 4) is 5.75 Å². The van der Waals surface area contributed by atoms with Gasteiger partial charge in [-0.25, -0.2) is 8.42 Å². The number of para-hydroxylation sites is 1. The third-order valence-corrected chi connectivity index (χ3v) is 7.75. The van der Waals surface area contributed by atoms with Gasteiger partial charge in [-0.15, -0.1) is 0 Å². The summed E-state index contributed by atoms with van der Waals surface area (Å²) in [6.07, 6.45) is 0. The van der Waals surface area contributed by atoms with Gasteiger partial charge in [-0.1, -0.05) is 41.9 Å². The number of likely N-dealkylation sites (N-methyl/N-ethyl adjacent to an activating group) is 1. The van der Waals surface area contributed by atoms with Crippen LogP contribution in [0.4, 0.5) is 11.4 Å². The highest BCUT2D eigenvalue weighted by Crippen LogP contribution is 2.28. The topological polar surface area (TPSA) is 122 Å². The lowest BCUT2D eigenvalue weighted by Crippen LogP contribution is -2.39. The summed E-state index contributed by atoms with van der Waals surface area (Å²) in [7, 11) is -2.85. The second-order valence-corrected chi connectivity index (χ2v) is 12.8. The van der Waals surface area contributed by atoms with Crippen molar-refractivity contribution in [2.75, 3.05) is 36.4 Å². The van der Waals surface area contributed by atoms with Crippen molar-refractivity contribution in [3.05, 3.63) is 83.4 Å². The summed E-state index contributed by atoms with van der Waals surface area (Å²) in [5.41, 5.74) is 0.393. The molecule has 3 aromatic rings. The van der Waals surface area contributed by atoms with Crippen LogP contribution in [-0.2, 0) is 29.1 Å². The first-order valence-electron chi connectivity index (χ1n) is 13.0. The van der Waals surface area contributed by atoms with Gasteiger partial charge in [0.25, 0.3) is 15.9 Å². The predicted octanol–water partition coefficient (Wildman–Crippen LogP) is 4.66. The zero-order valence-electron chi connectivity index (χ0n) is 24.1. The van der Waals surface area contributed by atoms with Gasteiger partial charge in [-0.05, 0) is 75.7 Å². The summed E-state index contributed by atoms with van der Waals surface area (Å²) >= 11 is 6.11. The first-order valence-corrected chi connectivity index (χ1v) is 14.8. The fraction of sp³-hybridized carbons (Fsp3) is 0.300. The molecule has 42 heavy (non-hydrogen) atoms. The van der Waals surface area contributed by atoms with Crippen LogP contribution in [0.3, 0.4) is 0 Å². The van der Waals surface area contributed by atoms with Crippen LogP contribution in [0, 0.1) is 6.92 Å². The number of amides is 2. The molecule has 1 N–H and O–H groups in total. The molecule has 0 aliphatic carbocycles. The van der Waals surface area contributed by atoms with Gasteiger partial charge in [-0.2, -0.15) is 0 Å². The number of rotatable bonds is 11. The monoisotopic (exact) mass is 615 g/mol. The number of sulfonamides is 1. The van der Waals surface area contributed by atoms with Gasteiger partial charge in [0.2, 0.25) is 5.91 Å². The molecule has 0 aromatic heterocycles. The molecule has 0 bridgehead atoms. The quantitative estimate of drug-likeness (QED) is 0.311. The highest BCUT2D eigenvalue weighted by atomic mass is 35.5. The van der Waals surface area contributed by atoms with Crippen molar-refractivity contribution in [2.45, 2.75) is 38.2 Å². The molecule has 0 spiro atoms. The number of carbonyl (C=O) groups excluding carboxylic acids is 3. The van der Waals surface area contributed by atoms with Crippen molar-refractivity contribution in [2.24, 2.45) is 0 Å². The van der Waals surface area contributed by atoms with E-state index >= 15 is 0 Å². The van der Waals surface area contributed by atoms with Gasteiger partial charge in [0.1, 0.15) is 17.9 Å². The number of nitrogens with zero attached hydrogens (tertiary/aromatic N) is 2. The Morgan fingerprint density at radius 1 is 0.929 bits per heavy atom. The lowest BCUT2D eigenvalue weighted by Gasteiger charge is -2.26. The van der Waals surface area contributed by atoms with Gasteiger partial charge in [0.05, 0.1) is 17.1 Å². The Bertz CT molecular complexity index is 1550. The van der Waals surface area contributed by atoms with Crippen LogP contribution in [0.15, 0.2) is 77.7 Å². The largest absolute Gasteiger partial charge is 0.484 e. The number of anilines is 2. The molecule has 0 aliphatic rings. The van der Waals surface area contributed by atoms with E-state index in [9.17, 15) is 22.8 Å². The predicted molar refractivity (Wildman–Crippen MR) is 161 cm³/mol. The van der Waals surface area contributed by atoms with Crippen molar-refractivity contribution >= 4 is 50.8 Å². The number of hydrogen-bond donors (Lipinski definition) is 1. The zero-order chi connectivity index (χ0) is 31.1. The lowest BCUT2D eigenvalue weighted by molar-refractivity contribution is -0.152. The van der Waals surface area contributed by atoms with Crippen molar-refractivity contribution in [1.82, 2.24) is 4.90 Å². The van der Waals surface area contributed by atoms with Crippen LogP contribution >= 0.6 is 11.6 Å². The normalized spacial score (nSPS) is 11.4. The number of nitrogens with one attached hydrogen (secondary N) is 1. The Labute approximate surface area is 251 Å². The number of ether oxygens (including phenoxy) is 2. The zero-order valence-corrected chi connectivity index (χ0v) is 25.7. The Morgan fingerprint density at radius 3 is 2.29 bits per heavy atom. The lowest BCUT2D eigenvalue weighted by atomic mass is 10.2. The van der Waals surface area contributed by atoms with E-state index in [-0.39, 0.29) is 34.4 Å². The van der Waals surface area contributed by atoms with Crippen LogP contribution < -0.4 is 14.4 Å². The number of halogens is 1. The van der Waals surface area contributed by atoms with E-state index in [1.165, 1.54) is 48.3 Å². The third-order valence-electron chi connectivity index (χ3n) is 5.75. The molecule has 3 rings (SSSR count). The van der Waals surface area contributed by atoms with Crippen LogP contribution in [-0.4, -0.2) is 63.4 Å². The molecule has 0 atom stereocenters. The molecule has 0 aliphatic heterocycles. The Morgan fingerprint density at radius 2 is 1.62 bits per heavy atom. The summed E-state index contributed by atoms with van der Waals surface area (Å²) in [5.74, 6) is -1.14. The minimum atomic E-state index is -4.31. The van der Waals surface area contributed by atoms with E-state index in [1.54, 1.807) is 45.0 Å². The second kappa shape index (κ2) is 13.7. The van der Waals surface area contributed by atoms with Gasteiger partial charge in [-0.3, -0.25) is 18.7 Å². The Hall–Kier alpha value is -4.09. The maximum atomic E-state index is 13.8. The first kappa shape index (κ1) is 32.4. The van der Waals surface area contributed by atoms with E-state index in [0.717, 1.165) is 9.87 Å². The maximum absolute atomic E-state index is 13.8. The fourth-order valence-electron chi connectivity index (χ4n) is 3.77. The van der Waals surface area contributed by atoms with E-state index in [2.05, 4.69) is 5.32 Å². The average molecular weight is 616 g/mol. The summed E-state index contributed by atoms with van der Waals surface area (Å²) in [6, 6.07) is 18.9. The van der Waals surface area contributed by atoms with Crippen molar-refractivity contribution in [3.63, 3.8) is 0 Å². The van der Waals surface area contributed by atoms with E-state index in [0.29, 0.717) is 5.75 Å². The molecule has 12 heteroatoms. The van der Waals surface area contributed by atoms with E-state index < -0.39 is 40.0 Å². The van der Waals surface area contributed by atoms with Crippen LogP contribution in [0.25, 0.3) is 0 Å². The molecular weight excluding hydrogens is 582 g/mol. The fourth-order valence-corrected chi connectivity index (χ4v) is 5.40. The molecule has 0 saturated heterocycles. The second-order valence-electron chi connectivity index (χ2n) is 10.5. The molecular formula is C30H34ClN3O7S. The molecule has 0 fully saturated rings. The highest BCUT2D eigenvalue weighted by Gasteiger charge is 2.30. The van der Waals surface area contributed by atoms with E-state index in [1.807, 2.05) is 19.1 Å². The van der Waals surface area contributed by atoms with Crippen molar-refractivity contribution in [1.29, 1.82) is 0 Å². The van der Waals surface area contributed by atoms with Crippen molar-refractivity contribution < 1.29 is 32.3 Å². The number of esters is 1. The van der Waals surface area contributed by atoms with Gasteiger partial charge in [0.15, 0.2) is 6.61 Å². The Kier molecular flexibility index (Phi) is 10.6.